The molecule has 3 aromatic rings. The minimum absolute atomic E-state index is 0.0715. The Labute approximate surface area is 200 Å². The third kappa shape index (κ3) is 4.52. The summed E-state index contributed by atoms with van der Waals surface area (Å²) in [4.78, 5) is 37.6. The highest BCUT2D eigenvalue weighted by molar-refractivity contribution is 7.10. The number of carboxylic acid groups (broad SMARTS) is 1. The van der Waals surface area contributed by atoms with Gasteiger partial charge in [-0.2, -0.15) is 0 Å². The van der Waals surface area contributed by atoms with Gasteiger partial charge in [0.2, 0.25) is 5.91 Å². The Morgan fingerprint density at radius 2 is 1.65 bits per heavy atom. The quantitative estimate of drug-likeness (QED) is 0.392. The fourth-order valence-electron chi connectivity index (χ4n) is 3.98. The van der Waals surface area contributed by atoms with E-state index in [1.807, 2.05) is 48.5 Å². The van der Waals surface area contributed by atoms with Crippen molar-refractivity contribution >= 4 is 29.3 Å². The van der Waals surface area contributed by atoms with Crippen molar-refractivity contribution in [2.45, 2.75) is 24.4 Å². The summed E-state index contributed by atoms with van der Waals surface area (Å²) in [5.41, 5.74) is 2.42. The number of alkyl carbamates (subject to hydrolysis) is 1. The second kappa shape index (κ2) is 9.66. The molecule has 9 heteroatoms. The van der Waals surface area contributed by atoms with Gasteiger partial charge in [-0.15, -0.1) is 11.3 Å². The van der Waals surface area contributed by atoms with E-state index in [1.165, 1.54) is 18.3 Å². The number of fused-ring (bicyclic) bond motifs is 3. The van der Waals surface area contributed by atoms with Gasteiger partial charge in [-0.05, 0) is 40.6 Å². The number of nitrogens with one attached hydrogen (secondary N) is 2. The first-order valence-electron chi connectivity index (χ1n) is 10.7. The number of thiophene rings is 1. The van der Waals surface area contributed by atoms with Gasteiger partial charge in [-0.25, -0.2) is 9.59 Å². The van der Waals surface area contributed by atoms with E-state index in [1.54, 1.807) is 17.5 Å². The molecule has 2 amide bonds. The summed E-state index contributed by atoms with van der Waals surface area (Å²) in [5, 5.41) is 25.4. The molecule has 1 aromatic heterocycles. The molecule has 176 valence electrons. The third-order valence-corrected chi connectivity index (χ3v) is 6.82. The molecule has 2 aromatic carbocycles. The van der Waals surface area contributed by atoms with Crippen molar-refractivity contribution in [3.63, 3.8) is 0 Å². The van der Waals surface area contributed by atoms with E-state index in [4.69, 9.17) is 4.74 Å². The Morgan fingerprint density at radius 3 is 2.18 bits per heavy atom. The largest absolute Gasteiger partial charge is 0.479 e. The summed E-state index contributed by atoms with van der Waals surface area (Å²) in [6.45, 7) is 0.449. The molecule has 0 saturated heterocycles. The molecule has 34 heavy (non-hydrogen) atoms. The van der Waals surface area contributed by atoms with Crippen LogP contribution in [0.5, 0.6) is 0 Å². The van der Waals surface area contributed by atoms with Gasteiger partial charge in [0.1, 0.15) is 12.6 Å². The highest BCUT2D eigenvalue weighted by Crippen LogP contribution is 2.44. The van der Waals surface area contributed by atoms with E-state index in [9.17, 15) is 24.6 Å². The minimum Gasteiger partial charge on any atom is -0.479 e. The van der Waals surface area contributed by atoms with Crippen molar-refractivity contribution in [3.05, 3.63) is 82.0 Å². The molecule has 1 aliphatic rings. The lowest BCUT2D eigenvalue weighted by Crippen LogP contribution is -2.57. The maximum Gasteiger partial charge on any atom is 0.408 e. The summed E-state index contributed by atoms with van der Waals surface area (Å²) in [5.74, 6) is -2.30. The Bertz CT molecular complexity index is 1170. The van der Waals surface area contributed by atoms with Crippen molar-refractivity contribution in [3.8, 4) is 11.1 Å². The predicted octanol–water partition coefficient (Wildman–Crippen LogP) is 3.28. The van der Waals surface area contributed by atoms with Crippen LogP contribution in [-0.2, 0) is 14.3 Å². The number of carbonyl (C=O) groups is 3. The average Bonchev–Trinajstić information content (AvgIpc) is 3.47. The number of aliphatic hydroxyl groups excluding tert-OH is 1. The number of aliphatic carboxylic acids is 1. The van der Waals surface area contributed by atoms with Crippen molar-refractivity contribution in [1.82, 2.24) is 10.6 Å². The van der Waals surface area contributed by atoms with Gasteiger partial charge in [0.05, 0.1) is 6.61 Å². The topological polar surface area (TPSA) is 125 Å². The lowest BCUT2D eigenvalue weighted by molar-refractivity contribution is -0.149. The zero-order valence-corrected chi connectivity index (χ0v) is 19.2. The second-order valence-electron chi connectivity index (χ2n) is 8.20. The molecule has 0 spiro atoms. The van der Waals surface area contributed by atoms with Crippen LogP contribution in [0.1, 0.15) is 34.9 Å². The van der Waals surface area contributed by atoms with Crippen LogP contribution in [0.3, 0.4) is 0 Å². The molecule has 8 nitrogen and oxygen atoms in total. The number of hydrogen-bond donors (Lipinski definition) is 4. The molecule has 1 heterocycles. The smallest absolute Gasteiger partial charge is 0.408 e. The number of hydrogen-bond acceptors (Lipinski definition) is 6. The third-order valence-electron chi connectivity index (χ3n) is 5.88. The average molecular weight is 481 g/mol. The molecular weight excluding hydrogens is 456 g/mol. The molecule has 0 aliphatic heterocycles. The van der Waals surface area contributed by atoms with Crippen LogP contribution in [0.25, 0.3) is 11.1 Å². The zero-order valence-electron chi connectivity index (χ0n) is 18.4. The highest BCUT2D eigenvalue weighted by Gasteiger charge is 2.37. The van der Waals surface area contributed by atoms with Crippen LogP contribution < -0.4 is 10.6 Å². The molecule has 0 radical (unpaired) electrons. The molecule has 2 unspecified atom stereocenters. The normalized spacial score (nSPS) is 14.9. The van der Waals surface area contributed by atoms with Gasteiger partial charge >= 0.3 is 12.1 Å². The number of carbonyl (C=O) groups excluding carboxylic acids is 2. The molecular formula is C25H24N2O6S. The maximum atomic E-state index is 12.9. The van der Waals surface area contributed by atoms with Gasteiger partial charge in [0.25, 0.3) is 0 Å². The highest BCUT2D eigenvalue weighted by atomic mass is 32.1. The van der Waals surface area contributed by atoms with E-state index in [0.29, 0.717) is 4.88 Å². The van der Waals surface area contributed by atoms with E-state index in [0.717, 1.165) is 22.3 Å². The number of aliphatic hydroxyl groups is 1. The summed E-state index contributed by atoms with van der Waals surface area (Å²) in [7, 11) is 0. The first kappa shape index (κ1) is 23.5. The maximum absolute atomic E-state index is 12.9. The van der Waals surface area contributed by atoms with Crippen molar-refractivity contribution in [2.75, 3.05) is 13.2 Å². The van der Waals surface area contributed by atoms with Gasteiger partial charge in [0, 0.05) is 10.8 Å². The van der Waals surface area contributed by atoms with Gasteiger partial charge in [-0.3, -0.25) is 4.79 Å². The summed E-state index contributed by atoms with van der Waals surface area (Å²) < 4.78 is 5.53. The monoisotopic (exact) mass is 480 g/mol. The van der Waals surface area contributed by atoms with Crippen LogP contribution in [0, 0.1) is 0 Å². The number of amides is 2. The van der Waals surface area contributed by atoms with Crippen LogP contribution in [0.4, 0.5) is 4.79 Å². The molecule has 4 N–H and O–H groups in total. The van der Waals surface area contributed by atoms with Crippen LogP contribution in [0.15, 0.2) is 66.0 Å². The number of benzene rings is 2. The first-order chi connectivity index (χ1) is 16.3. The summed E-state index contributed by atoms with van der Waals surface area (Å²) in [6.07, 6.45) is -0.809. The molecule has 0 saturated carbocycles. The van der Waals surface area contributed by atoms with Crippen molar-refractivity contribution in [1.29, 1.82) is 0 Å². The van der Waals surface area contributed by atoms with E-state index in [2.05, 4.69) is 10.6 Å². The molecule has 0 bridgehead atoms. The number of carboxylic acids is 1. The van der Waals surface area contributed by atoms with Crippen LogP contribution in [0.2, 0.25) is 0 Å². The fraction of sp³-hybridized carbons (Fsp3) is 0.240. The van der Waals surface area contributed by atoms with Crippen molar-refractivity contribution < 1.29 is 29.3 Å². The lowest BCUT2D eigenvalue weighted by atomic mass is 9.98. The standard InChI is InChI=1S/C25H24N2O6S/c1-25(14-28,23(30)31)27-22(29)21(20-11-6-12-34-20)26-24(32)33-13-19-17-9-4-2-7-15(17)16-8-3-5-10-18(16)19/h2-12,19,21,28H,13-14H2,1H3,(H,26,32)(H,27,29)(H,30,31). The van der Waals surface area contributed by atoms with E-state index >= 15 is 0 Å². The summed E-state index contributed by atoms with van der Waals surface area (Å²) >= 11 is 1.23. The fourth-order valence-corrected chi connectivity index (χ4v) is 4.76. The Hall–Kier alpha value is -3.69. The van der Waals surface area contributed by atoms with Crippen LogP contribution >= 0.6 is 11.3 Å². The minimum atomic E-state index is -1.89. The van der Waals surface area contributed by atoms with E-state index in [-0.39, 0.29) is 12.5 Å². The number of ether oxygens (including phenoxy) is 1. The molecule has 2 atom stereocenters. The van der Waals surface area contributed by atoms with Crippen molar-refractivity contribution in [2.24, 2.45) is 0 Å². The molecule has 1 aliphatic carbocycles. The SMILES string of the molecule is CC(CO)(NC(=O)C(NC(=O)OCC1c2ccccc2-c2ccccc21)c1cccs1)C(=O)O. The van der Waals surface area contributed by atoms with Gasteiger partial charge < -0.3 is 25.6 Å². The van der Waals surface area contributed by atoms with Gasteiger partial charge in [-0.1, -0.05) is 54.6 Å². The first-order valence-corrected chi connectivity index (χ1v) is 11.5. The Morgan fingerprint density at radius 1 is 1.03 bits per heavy atom. The lowest BCUT2D eigenvalue weighted by Gasteiger charge is -2.26. The zero-order chi connectivity index (χ0) is 24.3. The van der Waals surface area contributed by atoms with E-state index < -0.39 is 36.2 Å². The Kier molecular flexibility index (Phi) is 6.67. The molecule has 0 fully saturated rings. The second-order valence-corrected chi connectivity index (χ2v) is 9.18. The Balaban J connectivity index is 1.48. The number of rotatable bonds is 8. The summed E-state index contributed by atoms with van der Waals surface area (Å²) in [6, 6.07) is 18.1. The predicted molar refractivity (Wildman–Crippen MR) is 127 cm³/mol. The van der Waals surface area contributed by atoms with Gasteiger partial charge in [0.15, 0.2) is 5.54 Å². The molecule has 4 rings (SSSR count). The van der Waals surface area contributed by atoms with Crippen LogP contribution in [-0.4, -0.2) is 46.9 Å².